The number of nitrogens with zero attached hydrogens (tertiary/aromatic N) is 3. The number of hydrogen-bond donors (Lipinski definition) is 2. The summed E-state index contributed by atoms with van der Waals surface area (Å²) < 4.78 is 0. The normalized spacial score (nSPS) is 12.6. The largest absolute Gasteiger partial charge is 0.368 e. The van der Waals surface area contributed by atoms with Crippen molar-refractivity contribution >= 4 is 40.5 Å². The van der Waals surface area contributed by atoms with Gasteiger partial charge in [-0.3, -0.25) is 0 Å². The molecule has 0 bridgehead atoms. The van der Waals surface area contributed by atoms with Crippen molar-refractivity contribution < 1.29 is 0 Å². The molecule has 0 saturated carbocycles. The minimum atomic E-state index is 0.178. The first-order chi connectivity index (χ1) is 9.72. The molecule has 5 nitrogen and oxygen atoms in total. The summed E-state index contributed by atoms with van der Waals surface area (Å²) in [5.41, 5.74) is 8.75. The monoisotopic (exact) mass is 283 g/mol. The molecule has 0 aliphatic heterocycles. The molecule has 0 saturated heterocycles. The van der Waals surface area contributed by atoms with Gasteiger partial charge in [0, 0.05) is 11.1 Å². The number of H-pyrrole nitrogens is 1. The number of fused-ring (bicyclic) bond motifs is 1. The number of thiophene rings is 1. The van der Waals surface area contributed by atoms with E-state index in [1.807, 2.05) is 42.6 Å². The zero-order chi connectivity index (χ0) is 13.9. The second-order valence-corrected chi connectivity index (χ2v) is 5.22. The van der Waals surface area contributed by atoms with Crippen LogP contribution >= 0.6 is 11.3 Å². The van der Waals surface area contributed by atoms with Crippen molar-refractivity contribution in [3.63, 3.8) is 0 Å². The summed E-state index contributed by atoms with van der Waals surface area (Å²) >= 11 is 1.62. The molecule has 0 radical (unpaired) electrons. The average molecular weight is 283 g/mol. The van der Waals surface area contributed by atoms with Crippen LogP contribution < -0.4 is 5.73 Å². The molecule has 2 aromatic heterocycles. The molecule has 100 valence electrons. The van der Waals surface area contributed by atoms with E-state index in [9.17, 15) is 0 Å². The molecule has 3 rings (SSSR count). The predicted molar refractivity (Wildman–Crippen MR) is 84.0 cm³/mol. The number of aliphatic imine (C=N–C) groups is 2. The molecule has 6 heteroatoms. The van der Waals surface area contributed by atoms with E-state index >= 15 is 0 Å². The van der Waals surface area contributed by atoms with Crippen LogP contribution in [0.5, 0.6) is 0 Å². The minimum absolute atomic E-state index is 0.178. The quantitative estimate of drug-likeness (QED) is 0.560. The van der Waals surface area contributed by atoms with Gasteiger partial charge < -0.3 is 10.7 Å². The first-order valence-corrected chi connectivity index (χ1v) is 6.97. The smallest absolute Gasteiger partial charge is 0.231 e. The Balaban J connectivity index is 1.84. The van der Waals surface area contributed by atoms with Crippen LogP contribution in [0.1, 0.15) is 10.4 Å². The van der Waals surface area contributed by atoms with E-state index < -0.39 is 0 Å². The number of nitrogens with two attached hydrogens (primary N) is 1. The Morgan fingerprint density at radius 1 is 1.35 bits per heavy atom. The van der Waals surface area contributed by atoms with Crippen LogP contribution in [0.25, 0.3) is 11.0 Å². The van der Waals surface area contributed by atoms with Gasteiger partial charge in [0.1, 0.15) is 0 Å². The number of hydrogen-bond acceptors (Lipinski definition) is 3. The van der Waals surface area contributed by atoms with Crippen LogP contribution in [0.3, 0.4) is 0 Å². The van der Waals surface area contributed by atoms with Gasteiger partial charge in [-0.25, -0.2) is 9.98 Å². The predicted octanol–water partition coefficient (Wildman–Crippen LogP) is 3.00. The zero-order valence-electron chi connectivity index (χ0n) is 10.9. The number of nitrogens with one attached hydrogen (secondary N) is 1. The Hall–Kier alpha value is -2.47. The van der Waals surface area contributed by atoms with Crippen LogP contribution in [-0.4, -0.2) is 22.1 Å². The van der Waals surface area contributed by atoms with Crippen LogP contribution in [0.4, 0.5) is 5.95 Å². The van der Waals surface area contributed by atoms with Crippen LogP contribution in [-0.2, 0) is 0 Å². The third kappa shape index (κ3) is 2.60. The fraction of sp³-hybridized carbons (Fsp3) is 0.0714. The molecule has 0 atom stereocenters. The van der Waals surface area contributed by atoms with Gasteiger partial charge in [-0.15, -0.1) is 11.3 Å². The first kappa shape index (κ1) is 12.6. The Morgan fingerprint density at radius 3 is 2.95 bits per heavy atom. The topological polar surface area (TPSA) is 79.4 Å². The molecule has 1 aromatic carbocycles. The third-order valence-electron chi connectivity index (χ3n) is 2.81. The fourth-order valence-electron chi connectivity index (χ4n) is 1.77. The molecule has 3 aromatic rings. The van der Waals surface area contributed by atoms with Gasteiger partial charge >= 0.3 is 0 Å². The molecule has 0 fully saturated rings. The molecular weight excluding hydrogens is 270 g/mol. The molecule has 0 amide bonds. The molecule has 20 heavy (non-hydrogen) atoms. The van der Waals surface area contributed by atoms with E-state index in [-0.39, 0.29) is 5.96 Å². The van der Waals surface area contributed by atoms with Crippen LogP contribution in [0.2, 0.25) is 0 Å². The Kier molecular flexibility index (Phi) is 3.30. The SMILES string of the molecule is Cc1ccsc1C=NC(N)=Nc1nc2ccccc2[nH]1. The lowest BCUT2D eigenvalue weighted by atomic mass is 10.3. The summed E-state index contributed by atoms with van der Waals surface area (Å²) in [6.07, 6.45) is 1.72. The van der Waals surface area contributed by atoms with Gasteiger partial charge in [0.15, 0.2) is 0 Å². The van der Waals surface area contributed by atoms with Gasteiger partial charge in [0.2, 0.25) is 11.9 Å². The number of para-hydroxylation sites is 2. The van der Waals surface area contributed by atoms with E-state index in [0.717, 1.165) is 15.9 Å². The van der Waals surface area contributed by atoms with E-state index in [4.69, 9.17) is 5.73 Å². The summed E-state index contributed by atoms with van der Waals surface area (Å²) in [4.78, 5) is 16.8. The summed E-state index contributed by atoms with van der Waals surface area (Å²) in [7, 11) is 0. The maximum Gasteiger partial charge on any atom is 0.231 e. The highest BCUT2D eigenvalue weighted by molar-refractivity contribution is 7.11. The number of rotatable bonds is 2. The maximum atomic E-state index is 5.79. The number of benzene rings is 1. The number of imidazole rings is 1. The molecule has 0 spiro atoms. The first-order valence-electron chi connectivity index (χ1n) is 6.09. The zero-order valence-corrected chi connectivity index (χ0v) is 11.7. The van der Waals surface area contributed by atoms with Gasteiger partial charge in [0.05, 0.1) is 11.0 Å². The van der Waals surface area contributed by atoms with Gasteiger partial charge in [-0.05, 0) is 36.1 Å². The second-order valence-electron chi connectivity index (χ2n) is 4.27. The highest BCUT2D eigenvalue weighted by Gasteiger charge is 2.01. The van der Waals surface area contributed by atoms with Crippen LogP contribution in [0, 0.1) is 6.92 Å². The van der Waals surface area contributed by atoms with Crippen molar-refractivity contribution in [2.75, 3.05) is 0 Å². The Morgan fingerprint density at radius 2 is 2.20 bits per heavy atom. The lowest BCUT2D eigenvalue weighted by Crippen LogP contribution is -2.08. The van der Waals surface area contributed by atoms with Crippen LogP contribution in [0.15, 0.2) is 45.7 Å². The number of guanidine groups is 1. The molecular formula is C14H13N5S. The summed E-state index contributed by atoms with van der Waals surface area (Å²) in [6, 6.07) is 9.76. The van der Waals surface area contributed by atoms with E-state index in [2.05, 4.69) is 20.0 Å². The molecule has 3 N–H and O–H groups in total. The minimum Gasteiger partial charge on any atom is -0.368 e. The van der Waals surface area contributed by atoms with Gasteiger partial charge in [0.25, 0.3) is 0 Å². The van der Waals surface area contributed by atoms with Crippen molar-refractivity contribution in [2.24, 2.45) is 15.7 Å². The Labute approximate surface area is 119 Å². The van der Waals surface area contributed by atoms with Crippen molar-refractivity contribution in [2.45, 2.75) is 6.92 Å². The average Bonchev–Trinajstić information content (AvgIpc) is 3.01. The number of aromatic nitrogens is 2. The molecule has 0 aliphatic carbocycles. The lowest BCUT2D eigenvalue weighted by molar-refractivity contribution is 1.24. The third-order valence-corrected chi connectivity index (χ3v) is 3.77. The number of aryl methyl sites for hydroxylation is 1. The number of aromatic amines is 1. The summed E-state index contributed by atoms with van der Waals surface area (Å²) in [6.45, 7) is 2.03. The van der Waals surface area contributed by atoms with E-state index in [1.165, 1.54) is 5.56 Å². The van der Waals surface area contributed by atoms with Gasteiger partial charge in [-0.1, -0.05) is 12.1 Å². The summed E-state index contributed by atoms with van der Waals surface area (Å²) in [5.74, 6) is 0.639. The fourth-order valence-corrected chi connectivity index (χ4v) is 2.56. The van der Waals surface area contributed by atoms with Crippen molar-refractivity contribution in [1.82, 2.24) is 9.97 Å². The van der Waals surface area contributed by atoms with E-state index in [0.29, 0.717) is 5.95 Å². The highest BCUT2D eigenvalue weighted by atomic mass is 32.1. The standard InChI is InChI=1S/C14H13N5S/c1-9-6-7-20-12(9)8-16-13(15)19-14-17-10-4-2-3-5-11(10)18-14/h2-8H,1H3,(H3,15,17,18,19). The molecule has 2 heterocycles. The van der Waals surface area contributed by atoms with Crippen molar-refractivity contribution in [3.05, 3.63) is 46.2 Å². The summed E-state index contributed by atoms with van der Waals surface area (Å²) in [5, 5.41) is 2.02. The van der Waals surface area contributed by atoms with Gasteiger partial charge in [-0.2, -0.15) is 4.99 Å². The van der Waals surface area contributed by atoms with Crippen molar-refractivity contribution in [3.8, 4) is 0 Å². The molecule has 0 aliphatic rings. The maximum absolute atomic E-state index is 5.79. The van der Waals surface area contributed by atoms with E-state index in [1.54, 1.807) is 17.6 Å². The molecule has 0 unspecified atom stereocenters. The highest BCUT2D eigenvalue weighted by Crippen LogP contribution is 2.15. The lowest BCUT2D eigenvalue weighted by Gasteiger charge is -1.91. The Bertz CT molecular complexity index is 764. The van der Waals surface area contributed by atoms with Crippen molar-refractivity contribution in [1.29, 1.82) is 0 Å². The second kappa shape index (κ2) is 5.26.